The average molecular weight is 187 g/mol. The molecule has 5 heteroatoms. The van der Waals surface area contributed by atoms with Crippen LogP contribution in [0.2, 0.25) is 0 Å². The van der Waals surface area contributed by atoms with Gasteiger partial charge in [0.2, 0.25) is 5.91 Å². The lowest BCUT2D eigenvalue weighted by Crippen LogP contribution is -2.59. The molecule has 1 heterocycles. The summed E-state index contributed by atoms with van der Waals surface area (Å²) in [6.45, 7) is 0.243. The Bertz CT molecular complexity index is 232. The average Bonchev–Trinajstić information content (AvgIpc) is 2.01. The molecule has 0 atom stereocenters. The third kappa shape index (κ3) is 1.39. The largest absolute Gasteiger partial charge is 0.468 e. The summed E-state index contributed by atoms with van der Waals surface area (Å²) < 4.78 is 9.45. The number of methoxy groups -OCH3 is 1. The normalized spacial score (nSPS) is 18.7. The van der Waals surface area contributed by atoms with E-state index in [-0.39, 0.29) is 19.1 Å². The van der Waals surface area contributed by atoms with E-state index in [1.54, 1.807) is 14.1 Å². The van der Waals surface area contributed by atoms with Gasteiger partial charge in [0.05, 0.1) is 20.3 Å². The summed E-state index contributed by atoms with van der Waals surface area (Å²) in [6.07, 6.45) is 0. The molecule has 0 spiro atoms. The van der Waals surface area contributed by atoms with Crippen molar-refractivity contribution in [2.24, 2.45) is 5.41 Å². The molecule has 0 aliphatic carbocycles. The number of carbonyl (C=O) groups excluding carboxylic acids is 2. The lowest BCUT2D eigenvalue weighted by atomic mass is 9.84. The molecular formula is C8H13NO4. The zero-order valence-electron chi connectivity index (χ0n) is 7.99. The Morgan fingerprint density at radius 1 is 1.38 bits per heavy atom. The SMILES string of the molecule is COC(=O)C1(C(=O)N(C)C)COC1. The van der Waals surface area contributed by atoms with Gasteiger partial charge in [-0.3, -0.25) is 9.59 Å². The Morgan fingerprint density at radius 3 is 2.15 bits per heavy atom. The van der Waals surface area contributed by atoms with Crippen LogP contribution in [-0.2, 0) is 19.1 Å². The van der Waals surface area contributed by atoms with Crippen molar-refractivity contribution < 1.29 is 19.1 Å². The first-order valence-corrected chi connectivity index (χ1v) is 3.92. The van der Waals surface area contributed by atoms with Crippen LogP contribution in [0.3, 0.4) is 0 Å². The smallest absolute Gasteiger partial charge is 0.326 e. The van der Waals surface area contributed by atoms with Crippen molar-refractivity contribution in [3.8, 4) is 0 Å². The first kappa shape index (κ1) is 9.98. The second kappa shape index (κ2) is 3.33. The van der Waals surface area contributed by atoms with Crippen LogP contribution in [0, 0.1) is 5.41 Å². The van der Waals surface area contributed by atoms with Crippen molar-refractivity contribution in [2.75, 3.05) is 34.4 Å². The predicted octanol–water partition coefficient (Wildman–Crippen LogP) is -0.736. The molecule has 0 radical (unpaired) electrons. The number of hydrogen-bond donors (Lipinski definition) is 0. The van der Waals surface area contributed by atoms with Crippen LogP contribution in [-0.4, -0.2) is 51.2 Å². The zero-order valence-corrected chi connectivity index (χ0v) is 7.99. The van der Waals surface area contributed by atoms with E-state index in [4.69, 9.17) is 4.74 Å². The van der Waals surface area contributed by atoms with Gasteiger partial charge in [0, 0.05) is 14.1 Å². The fourth-order valence-corrected chi connectivity index (χ4v) is 1.26. The number of hydrogen-bond acceptors (Lipinski definition) is 4. The van der Waals surface area contributed by atoms with E-state index in [9.17, 15) is 9.59 Å². The van der Waals surface area contributed by atoms with Crippen LogP contribution in [0.1, 0.15) is 0 Å². The molecule has 0 saturated carbocycles. The van der Waals surface area contributed by atoms with Gasteiger partial charge in [0.1, 0.15) is 0 Å². The van der Waals surface area contributed by atoms with Crippen molar-refractivity contribution in [1.82, 2.24) is 4.90 Å². The minimum absolute atomic E-state index is 0.122. The van der Waals surface area contributed by atoms with Crippen molar-refractivity contribution in [3.63, 3.8) is 0 Å². The van der Waals surface area contributed by atoms with Gasteiger partial charge in [-0.25, -0.2) is 0 Å². The molecule has 1 aliphatic heterocycles. The quantitative estimate of drug-likeness (QED) is 0.422. The highest BCUT2D eigenvalue weighted by Gasteiger charge is 2.54. The first-order valence-electron chi connectivity index (χ1n) is 3.92. The van der Waals surface area contributed by atoms with E-state index in [0.29, 0.717) is 0 Å². The van der Waals surface area contributed by atoms with Crippen LogP contribution in [0.25, 0.3) is 0 Å². The second-order valence-corrected chi connectivity index (χ2v) is 3.27. The van der Waals surface area contributed by atoms with Crippen LogP contribution >= 0.6 is 0 Å². The standard InChI is InChI=1S/C8H13NO4/c1-9(2)6(10)8(4-13-5-8)7(11)12-3/h4-5H2,1-3H3. The van der Waals surface area contributed by atoms with Crippen LogP contribution in [0.4, 0.5) is 0 Å². The van der Waals surface area contributed by atoms with Crippen LogP contribution < -0.4 is 0 Å². The Labute approximate surface area is 76.6 Å². The van der Waals surface area contributed by atoms with E-state index >= 15 is 0 Å². The highest BCUT2D eigenvalue weighted by molar-refractivity contribution is 6.03. The van der Waals surface area contributed by atoms with Gasteiger partial charge in [-0.1, -0.05) is 0 Å². The van der Waals surface area contributed by atoms with E-state index in [0.717, 1.165) is 0 Å². The summed E-state index contributed by atoms with van der Waals surface area (Å²) in [4.78, 5) is 24.3. The number of esters is 1. The third-order valence-electron chi connectivity index (χ3n) is 2.09. The summed E-state index contributed by atoms with van der Waals surface area (Å²) in [5.74, 6) is -0.775. The second-order valence-electron chi connectivity index (χ2n) is 3.27. The summed E-state index contributed by atoms with van der Waals surface area (Å²) in [6, 6.07) is 0. The van der Waals surface area contributed by atoms with Crippen LogP contribution in [0.15, 0.2) is 0 Å². The Morgan fingerprint density at radius 2 is 1.92 bits per heavy atom. The van der Waals surface area contributed by atoms with Gasteiger partial charge in [0.15, 0.2) is 5.41 Å². The van der Waals surface area contributed by atoms with Crippen LogP contribution in [0.5, 0.6) is 0 Å². The zero-order chi connectivity index (χ0) is 10.1. The van der Waals surface area contributed by atoms with E-state index in [1.807, 2.05) is 0 Å². The Kier molecular flexibility index (Phi) is 2.56. The molecule has 0 bridgehead atoms. The van der Waals surface area contributed by atoms with Gasteiger partial charge in [-0.2, -0.15) is 0 Å². The van der Waals surface area contributed by atoms with Gasteiger partial charge in [-0.15, -0.1) is 0 Å². The molecule has 0 N–H and O–H groups in total. The highest BCUT2D eigenvalue weighted by atomic mass is 16.5. The maximum Gasteiger partial charge on any atom is 0.326 e. The summed E-state index contributed by atoms with van der Waals surface area (Å²) in [5, 5.41) is 0. The molecule has 13 heavy (non-hydrogen) atoms. The van der Waals surface area contributed by atoms with Gasteiger partial charge in [0.25, 0.3) is 0 Å². The molecule has 1 aliphatic rings. The molecule has 1 amide bonds. The molecule has 0 unspecified atom stereocenters. The molecule has 0 aromatic heterocycles. The van der Waals surface area contributed by atoms with Crippen molar-refractivity contribution in [3.05, 3.63) is 0 Å². The first-order chi connectivity index (χ1) is 6.04. The molecule has 1 fully saturated rings. The fraction of sp³-hybridized carbons (Fsp3) is 0.750. The molecular weight excluding hydrogens is 174 g/mol. The third-order valence-corrected chi connectivity index (χ3v) is 2.09. The maximum absolute atomic E-state index is 11.6. The summed E-state index contributed by atoms with van der Waals surface area (Å²) >= 11 is 0. The number of carbonyl (C=O) groups is 2. The lowest BCUT2D eigenvalue weighted by molar-refractivity contribution is -0.192. The van der Waals surface area contributed by atoms with Gasteiger partial charge in [-0.05, 0) is 0 Å². The number of ether oxygens (including phenoxy) is 2. The maximum atomic E-state index is 11.6. The van der Waals surface area contributed by atoms with E-state index < -0.39 is 11.4 Å². The molecule has 0 aromatic carbocycles. The minimum Gasteiger partial charge on any atom is -0.468 e. The summed E-state index contributed by atoms with van der Waals surface area (Å²) in [7, 11) is 4.47. The van der Waals surface area contributed by atoms with Crippen molar-refractivity contribution >= 4 is 11.9 Å². The molecule has 5 nitrogen and oxygen atoms in total. The Balaban J connectivity index is 2.81. The number of rotatable bonds is 2. The van der Waals surface area contributed by atoms with Crippen molar-refractivity contribution in [2.45, 2.75) is 0 Å². The fourth-order valence-electron chi connectivity index (χ4n) is 1.26. The van der Waals surface area contributed by atoms with Crippen molar-refractivity contribution in [1.29, 1.82) is 0 Å². The molecule has 0 aromatic rings. The van der Waals surface area contributed by atoms with E-state index in [1.165, 1.54) is 12.0 Å². The predicted molar refractivity (Wildman–Crippen MR) is 44.0 cm³/mol. The summed E-state index contributed by atoms with van der Waals surface area (Å²) in [5.41, 5.74) is -1.09. The molecule has 1 rings (SSSR count). The van der Waals surface area contributed by atoms with Gasteiger partial charge >= 0.3 is 5.97 Å². The molecule has 1 saturated heterocycles. The van der Waals surface area contributed by atoms with Gasteiger partial charge < -0.3 is 14.4 Å². The number of amides is 1. The minimum atomic E-state index is -1.09. The Hall–Kier alpha value is -1.10. The monoisotopic (exact) mass is 187 g/mol. The highest BCUT2D eigenvalue weighted by Crippen LogP contribution is 2.30. The topological polar surface area (TPSA) is 55.8 Å². The molecule has 74 valence electrons. The lowest BCUT2D eigenvalue weighted by Gasteiger charge is -2.38. The number of nitrogens with zero attached hydrogens (tertiary/aromatic N) is 1. The van der Waals surface area contributed by atoms with E-state index in [2.05, 4.69) is 4.74 Å².